The Morgan fingerprint density at radius 1 is 1.39 bits per heavy atom. The number of nitrogens with one attached hydrogen (secondary N) is 1. The van der Waals surface area contributed by atoms with E-state index in [1.165, 1.54) is 0 Å². The molecule has 1 aromatic carbocycles. The number of nitrogens with two attached hydrogens (primary N) is 1. The van der Waals surface area contributed by atoms with E-state index in [1.54, 1.807) is 7.11 Å². The predicted molar refractivity (Wildman–Crippen MR) is 72.8 cm³/mol. The lowest BCUT2D eigenvalue weighted by Gasteiger charge is -2.15. The zero-order chi connectivity index (χ0) is 13.4. The highest BCUT2D eigenvalue weighted by atomic mass is 16.5. The summed E-state index contributed by atoms with van der Waals surface area (Å²) in [4.78, 5) is 13.8. The van der Waals surface area contributed by atoms with Crippen molar-refractivity contribution in [2.45, 2.75) is 6.42 Å². The summed E-state index contributed by atoms with van der Waals surface area (Å²) in [6.07, 6.45) is 0.439. The molecule has 0 unspecified atom stereocenters. The highest BCUT2D eigenvalue weighted by molar-refractivity contribution is 5.92. The first-order valence-electron chi connectivity index (χ1n) is 5.99. The van der Waals surface area contributed by atoms with E-state index in [4.69, 9.17) is 10.5 Å². The quantitative estimate of drug-likeness (QED) is 0.756. The topological polar surface area (TPSA) is 67.6 Å². The minimum atomic E-state index is -0.0247. The van der Waals surface area contributed by atoms with Crippen molar-refractivity contribution in [3.8, 4) is 5.75 Å². The van der Waals surface area contributed by atoms with Crippen molar-refractivity contribution < 1.29 is 9.53 Å². The SMILES string of the molecule is COc1ccccc1NC(=O)CCN(C)CCN. The van der Waals surface area contributed by atoms with Gasteiger partial charge in [-0.25, -0.2) is 0 Å². The summed E-state index contributed by atoms with van der Waals surface area (Å²) in [7, 11) is 3.53. The number of nitrogens with zero attached hydrogens (tertiary/aromatic N) is 1. The maximum absolute atomic E-state index is 11.8. The normalized spacial score (nSPS) is 10.4. The first-order valence-corrected chi connectivity index (χ1v) is 5.99. The molecule has 0 atom stereocenters. The smallest absolute Gasteiger partial charge is 0.225 e. The first kappa shape index (κ1) is 14.5. The van der Waals surface area contributed by atoms with Crippen LogP contribution in [0.25, 0.3) is 0 Å². The van der Waals surface area contributed by atoms with Crippen LogP contribution in [-0.4, -0.2) is 44.6 Å². The fraction of sp³-hybridized carbons (Fsp3) is 0.462. The Hall–Kier alpha value is -1.59. The summed E-state index contributed by atoms with van der Waals surface area (Å²) in [6.45, 7) is 2.09. The molecule has 1 aromatic rings. The van der Waals surface area contributed by atoms with Crippen LogP contribution >= 0.6 is 0 Å². The van der Waals surface area contributed by atoms with Crippen LogP contribution < -0.4 is 15.8 Å². The minimum Gasteiger partial charge on any atom is -0.495 e. The molecule has 0 spiro atoms. The Balaban J connectivity index is 2.44. The number of amides is 1. The largest absolute Gasteiger partial charge is 0.495 e. The van der Waals surface area contributed by atoms with E-state index in [0.717, 1.165) is 6.54 Å². The Kier molecular flexibility index (Phi) is 6.18. The zero-order valence-corrected chi connectivity index (χ0v) is 11.0. The molecule has 0 aliphatic rings. The molecular weight excluding hydrogens is 230 g/mol. The van der Waals surface area contributed by atoms with E-state index in [0.29, 0.717) is 30.9 Å². The second kappa shape index (κ2) is 7.68. The first-order chi connectivity index (χ1) is 8.67. The van der Waals surface area contributed by atoms with Gasteiger partial charge in [0.05, 0.1) is 12.8 Å². The molecule has 5 heteroatoms. The minimum absolute atomic E-state index is 0.0247. The summed E-state index contributed by atoms with van der Waals surface area (Å²) < 4.78 is 5.17. The van der Waals surface area contributed by atoms with E-state index < -0.39 is 0 Å². The van der Waals surface area contributed by atoms with Crippen LogP contribution in [0.4, 0.5) is 5.69 Å². The maximum atomic E-state index is 11.8. The van der Waals surface area contributed by atoms with Gasteiger partial charge in [0.2, 0.25) is 5.91 Å². The van der Waals surface area contributed by atoms with Gasteiger partial charge in [0.25, 0.3) is 0 Å². The molecule has 0 aliphatic heterocycles. The van der Waals surface area contributed by atoms with Gasteiger partial charge < -0.3 is 20.7 Å². The average molecular weight is 251 g/mol. The monoisotopic (exact) mass is 251 g/mol. The standard InChI is InChI=1S/C13H21N3O2/c1-16(10-8-14)9-7-13(17)15-11-5-3-4-6-12(11)18-2/h3-6H,7-10,14H2,1-2H3,(H,15,17). The molecule has 0 fully saturated rings. The lowest BCUT2D eigenvalue weighted by Crippen LogP contribution is -2.29. The third-order valence-corrected chi connectivity index (χ3v) is 2.61. The fourth-order valence-electron chi connectivity index (χ4n) is 1.59. The Morgan fingerprint density at radius 3 is 2.78 bits per heavy atom. The Bertz CT molecular complexity index is 382. The van der Waals surface area contributed by atoms with E-state index in [1.807, 2.05) is 36.2 Å². The van der Waals surface area contributed by atoms with E-state index in [-0.39, 0.29) is 5.91 Å². The predicted octanol–water partition coefficient (Wildman–Crippen LogP) is 0.914. The second-order valence-electron chi connectivity index (χ2n) is 4.09. The molecule has 0 saturated carbocycles. The number of hydrogen-bond donors (Lipinski definition) is 2. The van der Waals surface area contributed by atoms with E-state index >= 15 is 0 Å². The number of likely N-dealkylation sites (N-methyl/N-ethyl adjacent to an activating group) is 1. The van der Waals surface area contributed by atoms with Gasteiger partial charge in [0.15, 0.2) is 0 Å². The summed E-state index contributed by atoms with van der Waals surface area (Å²) in [5, 5.41) is 2.84. The summed E-state index contributed by atoms with van der Waals surface area (Å²) in [5.74, 6) is 0.643. The molecule has 0 bridgehead atoms. The van der Waals surface area contributed by atoms with Gasteiger partial charge in [0.1, 0.15) is 5.75 Å². The number of carbonyl (C=O) groups is 1. The fourth-order valence-corrected chi connectivity index (χ4v) is 1.59. The van der Waals surface area contributed by atoms with Crippen LogP contribution in [0.5, 0.6) is 5.75 Å². The molecule has 5 nitrogen and oxygen atoms in total. The van der Waals surface area contributed by atoms with Crippen LogP contribution in [0.15, 0.2) is 24.3 Å². The van der Waals surface area contributed by atoms with Crippen molar-refractivity contribution >= 4 is 11.6 Å². The van der Waals surface area contributed by atoms with E-state index in [2.05, 4.69) is 5.32 Å². The number of carbonyl (C=O) groups excluding carboxylic acids is 1. The van der Waals surface area contributed by atoms with Crippen LogP contribution in [0.3, 0.4) is 0 Å². The molecule has 18 heavy (non-hydrogen) atoms. The van der Waals surface area contributed by atoms with E-state index in [9.17, 15) is 4.79 Å². The highest BCUT2D eigenvalue weighted by Crippen LogP contribution is 2.22. The van der Waals surface area contributed by atoms with Crippen molar-refractivity contribution in [3.63, 3.8) is 0 Å². The third-order valence-electron chi connectivity index (χ3n) is 2.61. The third kappa shape index (κ3) is 4.73. The van der Waals surface area contributed by atoms with Crippen molar-refractivity contribution in [2.75, 3.05) is 39.1 Å². The van der Waals surface area contributed by atoms with Crippen molar-refractivity contribution in [3.05, 3.63) is 24.3 Å². The number of benzene rings is 1. The molecule has 3 N–H and O–H groups in total. The molecule has 0 heterocycles. The molecular formula is C13H21N3O2. The van der Waals surface area contributed by atoms with Crippen molar-refractivity contribution in [1.29, 1.82) is 0 Å². The number of hydrogen-bond acceptors (Lipinski definition) is 4. The molecule has 1 amide bonds. The van der Waals surface area contributed by atoms with Gasteiger partial charge in [0, 0.05) is 26.1 Å². The maximum Gasteiger partial charge on any atom is 0.225 e. The summed E-state index contributed by atoms with van der Waals surface area (Å²) >= 11 is 0. The summed E-state index contributed by atoms with van der Waals surface area (Å²) in [6, 6.07) is 7.36. The lowest BCUT2D eigenvalue weighted by molar-refractivity contribution is -0.116. The van der Waals surface area contributed by atoms with Gasteiger partial charge in [-0.1, -0.05) is 12.1 Å². The number of methoxy groups -OCH3 is 1. The number of anilines is 1. The number of para-hydroxylation sites is 2. The number of rotatable bonds is 7. The highest BCUT2D eigenvalue weighted by Gasteiger charge is 2.07. The van der Waals surface area contributed by atoms with Crippen molar-refractivity contribution in [2.24, 2.45) is 5.73 Å². The molecule has 0 aromatic heterocycles. The molecule has 100 valence electrons. The van der Waals surface area contributed by atoms with Crippen molar-refractivity contribution in [1.82, 2.24) is 4.90 Å². The van der Waals surface area contributed by atoms with Crippen LogP contribution in [0.2, 0.25) is 0 Å². The van der Waals surface area contributed by atoms with Crippen LogP contribution in [0.1, 0.15) is 6.42 Å². The van der Waals surface area contributed by atoms with Crippen LogP contribution in [-0.2, 0) is 4.79 Å². The van der Waals surface area contributed by atoms with Gasteiger partial charge >= 0.3 is 0 Å². The lowest BCUT2D eigenvalue weighted by atomic mass is 10.2. The number of ether oxygens (including phenoxy) is 1. The van der Waals surface area contributed by atoms with Gasteiger partial charge in [-0.05, 0) is 19.2 Å². The average Bonchev–Trinajstić information content (AvgIpc) is 2.37. The summed E-state index contributed by atoms with van der Waals surface area (Å²) in [5.41, 5.74) is 6.14. The molecule has 0 aliphatic carbocycles. The molecule has 0 saturated heterocycles. The second-order valence-corrected chi connectivity index (χ2v) is 4.09. The van der Waals surface area contributed by atoms with Gasteiger partial charge in [-0.15, -0.1) is 0 Å². The van der Waals surface area contributed by atoms with Gasteiger partial charge in [-0.3, -0.25) is 4.79 Å². The Morgan fingerprint density at radius 2 is 2.11 bits per heavy atom. The molecule has 1 rings (SSSR count). The Labute approximate surface area is 108 Å². The zero-order valence-electron chi connectivity index (χ0n) is 11.0. The van der Waals surface area contributed by atoms with Crippen LogP contribution in [0, 0.1) is 0 Å². The molecule has 0 radical (unpaired) electrons. The van der Waals surface area contributed by atoms with Gasteiger partial charge in [-0.2, -0.15) is 0 Å².